The van der Waals surface area contributed by atoms with Crippen LogP contribution >= 0.6 is 15.9 Å². The fourth-order valence-electron chi connectivity index (χ4n) is 1.65. The second-order valence-corrected chi connectivity index (χ2v) is 4.88. The molecule has 0 spiro atoms. The van der Waals surface area contributed by atoms with Gasteiger partial charge in [0, 0.05) is 11.9 Å². The lowest BCUT2D eigenvalue weighted by Crippen LogP contribution is -2.26. The summed E-state index contributed by atoms with van der Waals surface area (Å²) in [6.07, 6.45) is 7.06. The van der Waals surface area contributed by atoms with Crippen LogP contribution in [0.1, 0.15) is 39.0 Å². The van der Waals surface area contributed by atoms with Gasteiger partial charge in [-0.15, -0.1) is 0 Å². The number of hydrogen-bond acceptors (Lipinski definition) is 1. The summed E-state index contributed by atoms with van der Waals surface area (Å²) < 4.78 is 0. The average Bonchev–Trinajstić information content (AvgIpc) is 2.94. The van der Waals surface area contributed by atoms with E-state index in [1.54, 1.807) is 0 Å². The maximum absolute atomic E-state index is 3.47. The molecule has 0 heterocycles. The molecule has 0 radical (unpaired) electrons. The zero-order valence-electron chi connectivity index (χ0n) is 8.77. The van der Waals surface area contributed by atoms with Gasteiger partial charge in [-0.25, -0.2) is 0 Å². The van der Waals surface area contributed by atoms with E-state index in [0.29, 0.717) is 0 Å². The molecule has 0 atom stereocenters. The lowest BCUT2D eigenvalue weighted by molar-refractivity contribution is 0.270. The van der Waals surface area contributed by atoms with E-state index >= 15 is 0 Å². The standard InChI is InChI=1S/C11H22BrN/c1-2-13(10-11-6-7-11)9-5-3-4-8-12/h11H,2-10H2,1H3. The molecule has 0 bridgehead atoms. The van der Waals surface area contributed by atoms with Gasteiger partial charge in [0.2, 0.25) is 0 Å². The molecule has 13 heavy (non-hydrogen) atoms. The largest absolute Gasteiger partial charge is 0.303 e. The first-order valence-electron chi connectivity index (χ1n) is 5.65. The van der Waals surface area contributed by atoms with Crippen molar-refractivity contribution in [1.29, 1.82) is 0 Å². The van der Waals surface area contributed by atoms with Crippen molar-refractivity contribution >= 4 is 15.9 Å². The molecule has 0 aromatic rings. The molecule has 1 aliphatic carbocycles. The number of unbranched alkanes of at least 4 members (excludes halogenated alkanes) is 2. The van der Waals surface area contributed by atoms with Crippen molar-refractivity contribution in [2.75, 3.05) is 25.0 Å². The predicted octanol–water partition coefficient (Wildman–Crippen LogP) is 3.28. The molecule has 78 valence electrons. The number of rotatable bonds is 8. The van der Waals surface area contributed by atoms with Gasteiger partial charge in [-0.05, 0) is 44.7 Å². The highest BCUT2D eigenvalue weighted by Gasteiger charge is 2.23. The zero-order valence-corrected chi connectivity index (χ0v) is 10.4. The third-order valence-corrected chi connectivity index (χ3v) is 3.33. The maximum Gasteiger partial charge on any atom is 0.00313 e. The molecule has 0 unspecified atom stereocenters. The predicted molar refractivity (Wildman–Crippen MR) is 62.5 cm³/mol. The first kappa shape index (κ1) is 11.5. The second kappa shape index (κ2) is 6.83. The van der Waals surface area contributed by atoms with Gasteiger partial charge in [0.05, 0.1) is 0 Å². The molecule has 2 heteroatoms. The summed E-state index contributed by atoms with van der Waals surface area (Å²) in [5.41, 5.74) is 0. The van der Waals surface area contributed by atoms with Crippen LogP contribution in [0.15, 0.2) is 0 Å². The first-order chi connectivity index (χ1) is 6.36. The minimum absolute atomic E-state index is 1.05. The van der Waals surface area contributed by atoms with E-state index in [1.807, 2.05) is 0 Å². The number of nitrogens with zero attached hydrogens (tertiary/aromatic N) is 1. The fraction of sp³-hybridized carbons (Fsp3) is 1.00. The molecule has 1 nitrogen and oxygen atoms in total. The second-order valence-electron chi connectivity index (χ2n) is 4.09. The minimum atomic E-state index is 1.05. The van der Waals surface area contributed by atoms with E-state index in [9.17, 15) is 0 Å². The summed E-state index contributed by atoms with van der Waals surface area (Å²) in [7, 11) is 0. The van der Waals surface area contributed by atoms with Crippen molar-refractivity contribution in [3.05, 3.63) is 0 Å². The van der Waals surface area contributed by atoms with Crippen LogP contribution in [0.5, 0.6) is 0 Å². The number of hydrogen-bond donors (Lipinski definition) is 0. The highest BCUT2D eigenvalue weighted by Crippen LogP contribution is 2.29. The highest BCUT2D eigenvalue weighted by molar-refractivity contribution is 9.09. The van der Waals surface area contributed by atoms with Gasteiger partial charge in [-0.1, -0.05) is 29.3 Å². The van der Waals surface area contributed by atoms with Gasteiger partial charge in [0.15, 0.2) is 0 Å². The van der Waals surface area contributed by atoms with Crippen LogP contribution in [0, 0.1) is 5.92 Å². The van der Waals surface area contributed by atoms with Crippen molar-refractivity contribution in [2.24, 2.45) is 5.92 Å². The first-order valence-corrected chi connectivity index (χ1v) is 6.77. The summed E-state index contributed by atoms with van der Waals surface area (Å²) in [4.78, 5) is 2.62. The third-order valence-electron chi connectivity index (χ3n) is 2.77. The highest BCUT2D eigenvalue weighted by atomic mass is 79.9. The summed E-state index contributed by atoms with van der Waals surface area (Å²) in [5.74, 6) is 1.05. The Bertz CT molecular complexity index is 123. The van der Waals surface area contributed by atoms with Crippen molar-refractivity contribution < 1.29 is 0 Å². The van der Waals surface area contributed by atoms with E-state index in [0.717, 1.165) is 5.92 Å². The molecule has 0 N–H and O–H groups in total. The Morgan fingerprint density at radius 3 is 2.54 bits per heavy atom. The molecule has 0 aromatic carbocycles. The van der Waals surface area contributed by atoms with Crippen molar-refractivity contribution in [3.63, 3.8) is 0 Å². The SMILES string of the molecule is CCN(CCCCCBr)CC1CC1. The molecule has 1 saturated carbocycles. The Balaban J connectivity index is 1.94. The summed E-state index contributed by atoms with van der Waals surface area (Å²) in [6, 6.07) is 0. The Morgan fingerprint density at radius 2 is 2.00 bits per heavy atom. The monoisotopic (exact) mass is 247 g/mol. The van der Waals surface area contributed by atoms with Crippen molar-refractivity contribution in [1.82, 2.24) is 4.90 Å². The Hall–Kier alpha value is 0.440. The summed E-state index contributed by atoms with van der Waals surface area (Å²) in [5, 5.41) is 1.17. The van der Waals surface area contributed by atoms with Gasteiger partial charge in [0.25, 0.3) is 0 Å². The quantitative estimate of drug-likeness (QED) is 0.470. The normalized spacial score (nSPS) is 16.8. The van der Waals surface area contributed by atoms with E-state index < -0.39 is 0 Å². The van der Waals surface area contributed by atoms with Gasteiger partial charge in [-0.3, -0.25) is 0 Å². The van der Waals surface area contributed by atoms with E-state index in [4.69, 9.17) is 0 Å². The molecule has 1 rings (SSSR count). The van der Waals surface area contributed by atoms with Crippen LogP contribution in [0.2, 0.25) is 0 Å². The smallest absolute Gasteiger partial charge is 0.00313 e. The maximum atomic E-state index is 3.47. The van der Waals surface area contributed by atoms with Crippen LogP contribution in [0.3, 0.4) is 0 Å². The molecule has 0 amide bonds. The molecule has 1 aliphatic rings. The Labute approximate surface area is 91.0 Å². The summed E-state index contributed by atoms with van der Waals surface area (Å²) in [6.45, 7) is 6.21. The number of halogens is 1. The minimum Gasteiger partial charge on any atom is -0.303 e. The van der Waals surface area contributed by atoms with Crippen LogP contribution in [-0.4, -0.2) is 29.9 Å². The molecule has 0 aromatic heterocycles. The topological polar surface area (TPSA) is 3.24 Å². The van der Waals surface area contributed by atoms with Gasteiger partial charge >= 0.3 is 0 Å². The molecule has 0 saturated heterocycles. The van der Waals surface area contributed by atoms with E-state index in [1.165, 1.54) is 57.1 Å². The van der Waals surface area contributed by atoms with Crippen LogP contribution in [0.25, 0.3) is 0 Å². The zero-order chi connectivity index (χ0) is 9.52. The molecule has 0 aliphatic heterocycles. The van der Waals surface area contributed by atoms with Crippen LogP contribution in [0.4, 0.5) is 0 Å². The van der Waals surface area contributed by atoms with Gasteiger partial charge in [0.1, 0.15) is 0 Å². The van der Waals surface area contributed by atoms with Gasteiger partial charge < -0.3 is 4.90 Å². The van der Waals surface area contributed by atoms with Crippen molar-refractivity contribution in [2.45, 2.75) is 39.0 Å². The van der Waals surface area contributed by atoms with Gasteiger partial charge in [-0.2, -0.15) is 0 Å². The van der Waals surface area contributed by atoms with Crippen LogP contribution in [-0.2, 0) is 0 Å². The summed E-state index contributed by atoms with van der Waals surface area (Å²) >= 11 is 3.47. The Kier molecular flexibility index (Phi) is 6.05. The lowest BCUT2D eigenvalue weighted by atomic mass is 10.2. The molecular formula is C11H22BrN. The average molecular weight is 248 g/mol. The van der Waals surface area contributed by atoms with Crippen molar-refractivity contribution in [3.8, 4) is 0 Å². The van der Waals surface area contributed by atoms with Crippen LogP contribution < -0.4 is 0 Å². The molecular weight excluding hydrogens is 226 g/mol. The fourth-order valence-corrected chi connectivity index (χ4v) is 2.05. The lowest BCUT2D eigenvalue weighted by Gasteiger charge is -2.19. The molecule has 1 fully saturated rings. The Morgan fingerprint density at radius 1 is 1.23 bits per heavy atom. The van der Waals surface area contributed by atoms with E-state index in [2.05, 4.69) is 27.8 Å². The number of alkyl halides is 1. The van der Waals surface area contributed by atoms with E-state index in [-0.39, 0.29) is 0 Å². The third kappa shape index (κ3) is 5.69.